The lowest BCUT2D eigenvalue weighted by Crippen LogP contribution is -2.36. The zero-order valence-electron chi connectivity index (χ0n) is 16.5. The monoisotopic (exact) mass is 422 g/mol. The Bertz CT molecular complexity index is 1160. The number of sulfonamides is 1. The van der Waals surface area contributed by atoms with Crippen molar-refractivity contribution in [2.45, 2.75) is 12.5 Å². The summed E-state index contributed by atoms with van der Waals surface area (Å²) in [6, 6.07) is 24.2. The number of hydrogen-bond donors (Lipinski definition) is 1. The van der Waals surface area contributed by atoms with Crippen molar-refractivity contribution in [2.75, 3.05) is 22.4 Å². The molecule has 1 amide bonds. The molecule has 0 aliphatic carbocycles. The van der Waals surface area contributed by atoms with Gasteiger partial charge in [0.2, 0.25) is 10.0 Å². The summed E-state index contributed by atoms with van der Waals surface area (Å²) in [5.41, 5.74) is 3.01. The molecule has 3 aromatic rings. The molecule has 7 heteroatoms. The Morgan fingerprint density at radius 3 is 2.40 bits per heavy atom. The van der Waals surface area contributed by atoms with Crippen LogP contribution < -0.4 is 14.4 Å². The summed E-state index contributed by atoms with van der Waals surface area (Å²) >= 11 is 0. The number of benzene rings is 3. The summed E-state index contributed by atoms with van der Waals surface area (Å²) in [5.74, 6) is 0.0560. The summed E-state index contributed by atoms with van der Waals surface area (Å²) in [7, 11) is -3.49. The Labute approximate surface area is 176 Å². The van der Waals surface area contributed by atoms with Crippen molar-refractivity contribution >= 4 is 27.3 Å². The summed E-state index contributed by atoms with van der Waals surface area (Å²) in [6.07, 6.45) is 0.572. The summed E-state index contributed by atoms with van der Waals surface area (Å²) in [5, 5.41) is 2.96. The number of ether oxygens (including phenoxy) is 1. The van der Waals surface area contributed by atoms with Gasteiger partial charge in [0.15, 0.2) is 6.10 Å². The molecule has 3 aromatic carbocycles. The number of carbonyl (C=O) groups excluding carboxylic acids is 1. The maximum atomic E-state index is 13.1. The number of hydrogen-bond acceptors (Lipinski definition) is 4. The first kappa shape index (κ1) is 20.0. The van der Waals surface area contributed by atoms with E-state index in [0.717, 1.165) is 17.4 Å². The third-order valence-electron chi connectivity index (χ3n) is 4.96. The van der Waals surface area contributed by atoms with Crippen molar-refractivity contribution in [2.24, 2.45) is 0 Å². The minimum absolute atomic E-state index is 0.161. The van der Waals surface area contributed by atoms with Crippen LogP contribution in [0.1, 0.15) is 6.42 Å². The number of nitrogens with zero attached hydrogens (tertiary/aromatic N) is 1. The zero-order valence-corrected chi connectivity index (χ0v) is 17.3. The number of anilines is 2. The van der Waals surface area contributed by atoms with Gasteiger partial charge >= 0.3 is 0 Å². The van der Waals surface area contributed by atoms with Gasteiger partial charge in [-0.2, -0.15) is 0 Å². The Morgan fingerprint density at radius 1 is 0.967 bits per heavy atom. The van der Waals surface area contributed by atoms with Crippen molar-refractivity contribution in [3.63, 3.8) is 0 Å². The Morgan fingerprint density at radius 2 is 1.63 bits per heavy atom. The SMILES string of the molecule is CS(=O)(=O)N1CCC(C(=O)Nc2ccccc2-c2ccccc2)Oc2ccccc21. The Hall–Kier alpha value is -3.32. The summed E-state index contributed by atoms with van der Waals surface area (Å²) in [6.45, 7) is 0.161. The van der Waals surface area contributed by atoms with Crippen molar-refractivity contribution in [3.8, 4) is 16.9 Å². The van der Waals surface area contributed by atoms with Gasteiger partial charge < -0.3 is 10.1 Å². The fourth-order valence-corrected chi connectivity index (χ4v) is 4.48. The molecule has 0 spiro atoms. The Kier molecular flexibility index (Phi) is 5.46. The van der Waals surface area contributed by atoms with Gasteiger partial charge in [-0.25, -0.2) is 8.42 Å². The van der Waals surface area contributed by atoms with Crippen molar-refractivity contribution < 1.29 is 17.9 Å². The third-order valence-corrected chi connectivity index (χ3v) is 6.14. The summed E-state index contributed by atoms with van der Waals surface area (Å²) in [4.78, 5) is 13.1. The van der Waals surface area contributed by atoms with E-state index in [4.69, 9.17) is 4.74 Å². The highest BCUT2D eigenvalue weighted by molar-refractivity contribution is 7.92. The molecule has 0 radical (unpaired) electrons. The van der Waals surface area contributed by atoms with Crippen molar-refractivity contribution in [1.29, 1.82) is 0 Å². The second-order valence-corrected chi connectivity index (χ2v) is 9.01. The fraction of sp³-hybridized carbons (Fsp3) is 0.174. The maximum absolute atomic E-state index is 13.1. The zero-order chi connectivity index (χ0) is 21.1. The van der Waals surface area contributed by atoms with Crippen LogP contribution in [0.4, 0.5) is 11.4 Å². The molecule has 1 heterocycles. The number of nitrogens with one attached hydrogen (secondary N) is 1. The molecule has 0 saturated carbocycles. The van der Waals surface area contributed by atoms with E-state index in [0.29, 0.717) is 17.1 Å². The quantitative estimate of drug-likeness (QED) is 0.692. The average Bonchev–Trinajstić information content (AvgIpc) is 2.94. The van der Waals surface area contributed by atoms with E-state index < -0.39 is 16.1 Å². The second kappa shape index (κ2) is 8.20. The van der Waals surface area contributed by atoms with Gasteiger partial charge in [-0.15, -0.1) is 0 Å². The third kappa shape index (κ3) is 4.16. The first-order valence-electron chi connectivity index (χ1n) is 9.62. The lowest BCUT2D eigenvalue weighted by molar-refractivity contribution is -0.122. The van der Waals surface area contributed by atoms with Gasteiger partial charge in [-0.3, -0.25) is 9.10 Å². The molecule has 1 aliphatic rings. The van der Waals surface area contributed by atoms with Crippen LogP contribution in [0, 0.1) is 0 Å². The minimum atomic E-state index is -3.49. The van der Waals surface area contributed by atoms with E-state index in [2.05, 4.69) is 5.32 Å². The van der Waals surface area contributed by atoms with Gasteiger partial charge in [0.05, 0.1) is 11.9 Å². The van der Waals surface area contributed by atoms with E-state index in [1.54, 1.807) is 24.3 Å². The minimum Gasteiger partial charge on any atom is -0.478 e. The molecule has 0 bridgehead atoms. The first-order chi connectivity index (χ1) is 14.4. The second-order valence-electron chi connectivity index (χ2n) is 7.10. The molecule has 0 aromatic heterocycles. The molecule has 30 heavy (non-hydrogen) atoms. The van der Waals surface area contributed by atoms with E-state index >= 15 is 0 Å². The van der Waals surface area contributed by atoms with Gasteiger partial charge in [-0.05, 0) is 23.8 Å². The van der Waals surface area contributed by atoms with E-state index in [-0.39, 0.29) is 18.9 Å². The lowest BCUT2D eigenvalue weighted by atomic mass is 10.0. The summed E-state index contributed by atoms with van der Waals surface area (Å²) < 4.78 is 31.7. The molecular formula is C23H22N2O4S. The fourth-order valence-electron chi connectivity index (χ4n) is 3.53. The lowest BCUT2D eigenvalue weighted by Gasteiger charge is -2.20. The number of fused-ring (bicyclic) bond motifs is 1. The van der Waals surface area contributed by atoms with Gasteiger partial charge in [0, 0.05) is 24.2 Å². The molecule has 1 aliphatic heterocycles. The molecule has 0 saturated heterocycles. The van der Waals surface area contributed by atoms with Crippen LogP contribution in [-0.2, 0) is 14.8 Å². The highest BCUT2D eigenvalue weighted by Gasteiger charge is 2.31. The molecule has 1 atom stereocenters. The smallest absolute Gasteiger partial charge is 0.265 e. The van der Waals surface area contributed by atoms with Crippen LogP contribution in [0.25, 0.3) is 11.1 Å². The number of carbonyl (C=O) groups is 1. The van der Waals surface area contributed by atoms with Crippen LogP contribution in [-0.4, -0.2) is 33.2 Å². The highest BCUT2D eigenvalue weighted by atomic mass is 32.2. The number of amides is 1. The van der Waals surface area contributed by atoms with Crippen LogP contribution in [0.5, 0.6) is 5.75 Å². The molecule has 6 nitrogen and oxygen atoms in total. The molecule has 0 fully saturated rings. The normalized spacial score (nSPS) is 16.2. The topological polar surface area (TPSA) is 75.7 Å². The molecule has 154 valence electrons. The van der Waals surface area contributed by atoms with E-state index in [1.807, 2.05) is 54.6 Å². The van der Waals surface area contributed by atoms with E-state index in [1.165, 1.54) is 4.31 Å². The molecule has 1 N–H and O–H groups in total. The van der Waals surface area contributed by atoms with Crippen LogP contribution in [0.3, 0.4) is 0 Å². The van der Waals surface area contributed by atoms with Crippen LogP contribution in [0.15, 0.2) is 78.9 Å². The highest BCUT2D eigenvalue weighted by Crippen LogP contribution is 2.34. The number of para-hydroxylation sites is 3. The first-order valence-corrected chi connectivity index (χ1v) is 11.5. The van der Waals surface area contributed by atoms with Gasteiger partial charge in [0.1, 0.15) is 5.75 Å². The van der Waals surface area contributed by atoms with Gasteiger partial charge in [0.25, 0.3) is 5.91 Å². The predicted octanol–water partition coefficient (Wildman–Crippen LogP) is 3.91. The van der Waals surface area contributed by atoms with E-state index in [9.17, 15) is 13.2 Å². The predicted molar refractivity (Wildman–Crippen MR) is 118 cm³/mol. The maximum Gasteiger partial charge on any atom is 0.265 e. The number of rotatable bonds is 4. The van der Waals surface area contributed by atoms with Gasteiger partial charge in [-0.1, -0.05) is 60.7 Å². The van der Waals surface area contributed by atoms with Crippen LogP contribution in [0.2, 0.25) is 0 Å². The Balaban J connectivity index is 1.60. The van der Waals surface area contributed by atoms with Crippen molar-refractivity contribution in [3.05, 3.63) is 78.9 Å². The molecular weight excluding hydrogens is 400 g/mol. The largest absolute Gasteiger partial charge is 0.478 e. The van der Waals surface area contributed by atoms with Crippen LogP contribution >= 0.6 is 0 Å². The standard InChI is InChI=1S/C23H22N2O4S/c1-30(27,28)25-16-15-22(29-21-14-8-7-13-20(21)25)23(26)24-19-12-6-5-11-18(19)17-9-3-2-4-10-17/h2-14,22H,15-16H2,1H3,(H,24,26). The molecule has 1 unspecified atom stereocenters. The van der Waals surface area contributed by atoms with Crippen molar-refractivity contribution in [1.82, 2.24) is 0 Å². The molecule has 4 rings (SSSR count). The average molecular weight is 423 g/mol.